The third kappa shape index (κ3) is 3.80. The Morgan fingerprint density at radius 1 is 1.53 bits per heavy atom. The van der Waals surface area contributed by atoms with Gasteiger partial charge in [-0.25, -0.2) is 0 Å². The smallest absolute Gasteiger partial charge is 0.236 e. The first kappa shape index (κ1) is 14.2. The van der Waals surface area contributed by atoms with Gasteiger partial charge in [0.2, 0.25) is 5.91 Å². The number of carbonyl (C=O) groups is 1. The van der Waals surface area contributed by atoms with Crippen LogP contribution in [0.2, 0.25) is 0 Å². The molecule has 0 aliphatic rings. The number of hydrogen-bond acceptors (Lipinski definition) is 4. The summed E-state index contributed by atoms with van der Waals surface area (Å²) in [5, 5.41) is 4.14. The molecule has 4 nitrogen and oxygen atoms in total. The van der Waals surface area contributed by atoms with Crippen molar-refractivity contribution in [1.82, 2.24) is 9.80 Å². The SMILES string of the molecule is CCN(CC(=O)N(C)C)C(CN)c1ccsc1. The Labute approximate surface area is 107 Å². The van der Waals surface area contributed by atoms with E-state index in [4.69, 9.17) is 5.73 Å². The van der Waals surface area contributed by atoms with Crippen molar-refractivity contribution in [3.63, 3.8) is 0 Å². The molecule has 0 bridgehead atoms. The lowest BCUT2D eigenvalue weighted by molar-refractivity contribution is -0.130. The number of rotatable bonds is 6. The average Bonchev–Trinajstić information content (AvgIpc) is 2.81. The first-order valence-corrected chi connectivity index (χ1v) is 6.70. The largest absolute Gasteiger partial charge is 0.348 e. The Bertz CT molecular complexity index is 338. The minimum absolute atomic E-state index is 0.112. The Balaban J connectivity index is 2.74. The van der Waals surface area contributed by atoms with Crippen LogP contribution in [0.15, 0.2) is 16.8 Å². The Morgan fingerprint density at radius 3 is 2.65 bits per heavy atom. The molecule has 0 spiro atoms. The summed E-state index contributed by atoms with van der Waals surface area (Å²) < 4.78 is 0. The van der Waals surface area contributed by atoms with Crippen LogP contribution in [-0.2, 0) is 4.79 Å². The number of hydrogen-bond donors (Lipinski definition) is 1. The molecule has 1 aromatic rings. The summed E-state index contributed by atoms with van der Waals surface area (Å²) in [6.07, 6.45) is 0. The fourth-order valence-electron chi connectivity index (χ4n) is 1.72. The van der Waals surface area contributed by atoms with E-state index in [1.165, 1.54) is 5.56 Å². The van der Waals surface area contributed by atoms with Crippen LogP contribution in [0, 0.1) is 0 Å². The minimum Gasteiger partial charge on any atom is -0.348 e. The van der Waals surface area contributed by atoms with Crippen molar-refractivity contribution < 1.29 is 4.79 Å². The van der Waals surface area contributed by atoms with E-state index in [0.717, 1.165) is 6.54 Å². The lowest BCUT2D eigenvalue weighted by Gasteiger charge is -2.29. The van der Waals surface area contributed by atoms with Crippen LogP contribution in [0.5, 0.6) is 0 Å². The number of carbonyl (C=O) groups excluding carboxylic acids is 1. The van der Waals surface area contributed by atoms with Gasteiger partial charge in [0, 0.05) is 26.7 Å². The zero-order chi connectivity index (χ0) is 12.8. The zero-order valence-electron chi connectivity index (χ0n) is 10.7. The van der Waals surface area contributed by atoms with Gasteiger partial charge in [0.25, 0.3) is 0 Å². The van der Waals surface area contributed by atoms with Gasteiger partial charge < -0.3 is 10.6 Å². The third-order valence-corrected chi connectivity index (χ3v) is 3.54. The van der Waals surface area contributed by atoms with Crippen molar-refractivity contribution in [2.24, 2.45) is 5.73 Å². The van der Waals surface area contributed by atoms with E-state index in [-0.39, 0.29) is 11.9 Å². The van der Waals surface area contributed by atoms with Crippen molar-refractivity contribution in [3.05, 3.63) is 22.4 Å². The summed E-state index contributed by atoms with van der Waals surface area (Å²) in [6, 6.07) is 2.21. The van der Waals surface area contributed by atoms with E-state index in [9.17, 15) is 4.79 Å². The van der Waals surface area contributed by atoms with Crippen LogP contribution in [-0.4, -0.2) is 49.4 Å². The molecular formula is C12H21N3OS. The Kier molecular flexibility index (Phi) is 5.61. The second-order valence-electron chi connectivity index (χ2n) is 4.16. The van der Waals surface area contributed by atoms with E-state index in [1.54, 1.807) is 30.3 Å². The molecule has 0 aliphatic heterocycles. The molecular weight excluding hydrogens is 234 g/mol. The molecule has 0 saturated heterocycles. The molecule has 96 valence electrons. The van der Waals surface area contributed by atoms with Crippen LogP contribution < -0.4 is 5.73 Å². The molecule has 1 rings (SSSR count). The van der Waals surface area contributed by atoms with Crippen molar-refractivity contribution in [1.29, 1.82) is 0 Å². The number of nitrogens with zero attached hydrogens (tertiary/aromatic N) is 2. The quantitative estimate of drug-likeness (QED) is 0.830. The zero-order valence-corrected chi connectivity index (χ0v) is 11.5. The maximum Gasteiger partial charge on any atom is 0.236 e. The average molecular weight is 255 g/mol. The van der Waals surface area contributed by atoms with Gasteiger partial charge in [0.1, 0.15) is 0 Å². The summed E-state index contributed by atoms with van der Waals surface area (Å²) in [6.45, 7) is 3.82. The molecule has 1 atom stereocenters. The molecule has 0 saturated carbocycles. The highest BCUT2D eigenvalue weighted by Gasteiger charge is 2.21. The van der Waals surface area contributed by atoms with E-state index >= 15 is 0 Å². The standard InChI is InChI=1S/C12H21N3OS/c1-4-15(8-12(16)14(2)3)11(7-13)10-5-6-17-9-10/h5-6,9,11H,4,7-8,13H2,1-3H3. The molecule has 0 fully saturated rings. The lowest BCUT2D eigenvalue weighted by atomic mass is 10.1. The summed E-state index contributed by atoms with van der Waals surface area (Å²) in [5.74, 6) is 0.112. The topological polar surface area (TPSA) is 49.6 Å². The van der Waals surface area contributed by atoms with E-state index in [1.807, 2.05) is 5.38 Å². The maximum absolute atomic E-state index is 11.7. The fraction of sp³-hybridized carbons (Fsp3) is 0.583. The van der Waals surface area contributed by atoms with Crippen molar-refractivity contribution in [2.45, 2.75) is 13.0 Å². The number of thiophene rings is 1. The van der Waals surface area contributed by atoms with Gasteiger partial charge in [-0.05, 0) is 28.9 Å². The Morgan fingerprint density at radius 2 is 2.24 bits per heavy atom. The normalized spacial score (nSPS) is 12.8. The first-order valence-electron chi connectivity index (χ1n) is 5.76. The molecule has 1 heterocycles. The summed E-state index contributed by atoms with van der Waals surface area (Å²) in [7, 11) is 3.55. The van der Waals surface area contributed by atoms with Gasteiger partial charge in [-0.1, -0.05) is 6.92 Å². The van der Waals surface area contributed by atoms with Gasteiger partial charge in [0.05, 0.1) is 6.54 Å². The second-order valence-corrected chi connectivity index (χ2v) is 4.94. The predicted octanol–water partition coefficient (Wildman–Crippen LogP) is 1.16. The summed E-state index contributed by atoms with van der Waals surface area (Å²) in [5.41, 5.74) is 7.03. The molecule has 1 unspecified atom stereocenters. The Hall–Kier alpha value is -0.910. The molecule has 2 N–H and O–H groups in total. The van der Waals surface area contributed by atoms with E-state index in [2.05, 4.69) is 23.3 Å². The van der Waals surface area contributed by atoms with Gasteiger partial charge in [0.15, 0.2) is 0 Å². The number of nitrogens with two attached hydrogens (primary N) is 1. The molecule has 0 aromatic carbocycles. The third-order valence-electron chi connectivity index (χ3n) is 2.84. The van der Waals surface area contributed by atoms with Gasteiger partial charge >= 0.3 is 0 Å². The monoisotopic (exact) mass is 255 g/mol. The highest BCUT2D eigenvalue weighted by molar-refractivity contribution is 7.07. The lowest BCUT2D eigenvalue weighted by Crippen LogP contribution is -2.41. The van der Waals surface area contributed by atoms with Crippen molar-refractivity contribution in [3.8, 4) is 0 Å². The van der Waals surface area contributed by atoms with Crippen LogP contribution in [0.4, 0.5) is 0 Å². The predicted molar refractivity (Wildman–Crippen MR) is 72.1 cm³/mol. The van der Waals surface area contributed by atoms with Crippen LogP contribution in [0.1, 0.15) is 18.5 Å². The molecule has 0 aliphatic carbocycles. The minimum atomic E-state index is 0.112. The van der Waals surface area contributed by atoms with E-state index in [0.29, 0.717) is 13.1 Å². The van der Waals surface area contributed by atoms with E-state index < -0.39 is 0 Å². The second kappa shape index (κ2) is 6.74. The first-order chi connectivity index (χ1) is 8.10. The van der Waals surface area contributed by atoms with Gasteiger partial charge in [-0.3, -0.25) is 9.69 Å². The highest BCUT2D eigenvalue weighted by Crippen LogP contribution is 2.21. The number of likely N-dealkylation sites (N-methyl/N-ethyl adjacent to an activating group) is 2. The highest BCUT2D eigenvalue weighted by atomic mass is 32.1. The summed E-state index contributed by atoms with van der Waals surface area (Å²) in [4.78, 5) is 15.5. The molecule has 0 radical (unpaired) electrons. The van der Waals surface area contributed by atoms with Gasteiger partial charge in [-0.15, -0.1) is 0 Å². The van der Waals surface area contributed by atoms with Crippen LogP contribution in [0.25, 0.3) is 0 Å². The van der Waals surface area contributed by atoms with Crippen molar-refractivity contribution >= 4 is 17.2 Å². The van der Waals surface area contributed by atoms with Crippen molar-refractivity contribution in [2.75, 3.05) is 33.7 Å². The molecule has 5 heteroatoms. The molecule has 1 amide bonds. The molecule has 17 heavy (non-hydrogen) atoms. The van der Waals surface area contributed by atoms with Crippen LogP contribution >= 0.6 is 11.3 Å². The van der Waals surface area contributed by atoms with Gasteiger partial charge in [-0.2, -0.15) is 11.3 Å². The number of amides is 1. The van der Waals surface area contributed by atoms with Crippen LogP contribution in [0.3, 0.4) is 0 Å². The summed E-state index contributed by atoms with van der Waals surface area (Å²) >= 11 is 1.66. The molecule has 1 aromatic heterocycles. The fourth-order valence-corrected chi connectivity index (χ4v) is 2.43. The maximum atomic E-state index is 11.7.